The predicted molar refractivity (Wildman–Crippen MR) is 305 cm³/mol. The summed E-state index contributed by atoms with van der Waals surface area (Å²) in [6, 6.07) is 21.8. The number of pyridine rings is 1. The van der Waals surface area contributed by atoms with Crippen molar-refractivity contribution in [1.82, 2.24) is 29.5 Å². The van der Waals surface area contributed by atoms with Crippen LogP contribution in [0.5, 0.6) is 0 Å². The highest BCUT2D eigenvalue weighted by molar-refractivity contribution is 7.93. The Labute approximate surface area is 460 Å². The van der Waals surface area contributed by atoms with E-state index in [1.54, 1.807) is 32.0 Å². The Morgan fingerprint density at radius 2 is 1.37 bits per heavy atom. The van der Waals surface area contributed by atoms with Crippen LogP contribution in [0.2, 0.25) is 0 Å². The lowest BCUT2D eigenvalue weighted by Gasteiger charge is -2.27. The Bertz CT molecular complexity index is 3960. The molecule has 8 aromatic rings. The number of anilines is 6. The van der Waals surface area contributed by atoms with E-state index < -0.39 is 49.7 Å². The van der Waals surface area contributed by atoms with Crippen molar-refractivity contribution in [1.29, 1.82) is 5.26 Å². The second kappa shape index (κ2) is 22.3. The van der Waals surface area contributed by atoms with Crippen molar-refractivity contribution < 1.29 is 35.9 Å². The molecule has 4 aromatic carbocycles. The highest BCUT2D eigenvalue weighted by Crippen LogP contribution is 2.46. The van der Waals surface area contributed by atoms with Crippen molar-refractivity contribution in [3.63, 3.8) is 0 Å². The number of hydrogen-bond acceptors (Lipinski definition) is 19. The molecule has 0 aliphatic heterocycles. The standard InChI is InChI=1S/C54H58N12O8S4/c1-13-73-44(67)27-56-78(71,72)37-16-18-40-42(25-37)75-52(57-40)65(48-34(8)21-30(4)22-35(48)9)43-23-33(7)47(50(59-43)60-46-31(5)19-29(3)20-32(46)6)61-62-51-38(26-55)49(54(10,11)12)63-66(51)53-58-39-17-15-36(24-41(39)76-53)64-77(69,70)28-45(68)74-14-2/h15-25,56,64H,13-14,27-28H2,1-12H3,(H,59,60). The first-order chi connectivity index (χ1) is 36.8. The second-order valence-electron chi connectivity index (χ2n) is 19.6. The number of carbonyl (C=O) groups excluding carboxylic acids is 2. The molecule has 20 nitrogen and oxygen atoms in total. The maximum atomic E-state index is 13.4. The number of aromatic nitrogens is 5. The number of nitriles is 1. The van der Waals surface area contributed by atoms with Crippen LogP contribution in [0.3, 0.4) is 0 Å². The van der Waals surface area contributed by atoms with Crippen molar-refractivity contribution in [3.8, 4) is 11.2 Å². The Morgan fingerprint density at radius 1 is 0.756 bits per heavy atom. The van der Waals surface area contributed by atoms with E-state index in [-0.39, 0.29) is 35.2 Å². The zero-order valence-electron chi connectivity index (χ0n) is 45.1. The number of sulfonamides is 2. The van der Waals surface area contributed by atoms with Crippen molar-refractivity contribution in [2.45, 2.75) is 93.4 Å². The summed E-state index contributed by atoms with van der Waals surface area (Å²) in [5.74, 6) is -1.58. The van der Waals surface area contributed by atoms with Gasteiger partial charge in [0.05, 0.1) is 55.6 Å². The Kier molecular flexibility index (Phi) is 16.2. The number of benzene rings is 4. The number of thiazole rings is 2. The highest BCUT2D eigenvalue weighted by Gasteiger charge is 2.31. The Hall–Kier alpha value is -7.69. The van der Waals surface area contributed by atoms with E-state index >= 15 is 0 Å². The van der Waals surface area contributed by atoms with Crippen molar-refractivity contribution in [2.24, 2.45) is 10.2 Å². The summed E-state index contributed by atoms with van der Waals surface area (Å²) in [6.07, 6.45) is 0. The number of azo groups is 1. The molecule has 4 heterocycles. The minimum absolute atomic E-state index is 0.0410. The van der Waals surface area contributed by atoms with Crippen LogP contribution in [-0.4, -0.2) is 79.0 Å². The average Bonchev–Trinajstić information content (AvgIpc) is 4.07. The fourth-order valence-corrected chi connectivity index (χ4v) is 12.9. The first-order valence-electron chi connectivity index (χ1n) is 24.6. The largest absolute Gasteiger partial charge is 0.465 e. The monoisotopic (exact) mass is 1130 g/mol. The summed E-state index contributed by atoms with van der Waals surface area (Å²) in [7, 11) is -8.20. The van der Waals surface area contributed by atoms with Crippen LogP contribution >= 0.6 is 22.7 Å². The molecule has 78 heavy (non-hydrogen) atoms. The van der Waals surface area contributed by atoms with Crippen LogP contribution in [-0.2, 0) is 44.5 Å². The number of nitrogens with zero attached hydrogens (tertiary/aromatic N) is 9. The summed E-state index contributed by atoms with van der Waals surface area (Å²) in [5, 5.41) is 29.9. The highest BCUT2D eigenvalue weighted by atomic mass is 32.2. The molecule has 0 saturated heterocycles. The molecule has 0 amide bonds. The average molecular weight is 1130 g/mol. The van der Waals surface area contributed by atoms with Gasteiger partial charge in [-0.05, 0) is 133 Å². The fourth-order valence-electron chi connectivity index (χ4n) is 8.91. The Morgan fingerprint density at radius 3 is 2.01 bits per heavy atom. The summed E-state index contributed by atoms with van der Waals surface area (Å²) in [4.78, 5) is 41.2. The third kappa shape index (κ3) is 12.2. The number of ether oxygens (including phenoxy) is 2. The van der Waals surface area contributed by atoms with Crippen LogP contribution in [0.1, 0.15) is 84.8 Å². The van der Waals surface area contributed by atoms with Crippen LogP contribution < -0.4 is 19.7 Å². The zero-order chi connectivity index (χ0) is 56.6. The first-order valence-corrected chi connectivity index (χ1v) is 29.4. The molecule has 0 atom stereocenters. The number of fused-ring (bicyclic) bond motifs is 2. The second-order valence-corrected chi connectivity index (χ2v) is 25.1. The molecule has 0 radical (unpaired) electrons. The molecule has 0 unspecified atom stereocenters. The van der Waals surface area contributed by atoms with Crippen molar-refractivity contribution in [3.05, 3.63) is 117 Å². The lowest BCUT2D eigenvalue weighted by atomic mass is 9.90. The number of nitrogens with one attached hydrogen (secondary N) is 3. The maximum Gasteiger partial charge on any atom is 0.323 e. The van der Waals surface area contributed by atoms with Crippen LogP contribution in [0.25, 0.3) is 25.6 Å². The molecule has 24 heteroatoms. The van der Waals surface area contributed by atoms with Crippen molar-refractivity contribution >= 4 is 120 Å². The first kappa shape index (κ1) is 56.5. The SMILES string of the molecule is CCOC(=O)CNS(=O)(=O)c1ccc2nc(N(c3cc(C)c(N=Nc4c(C#N)c(C(C)(C)C)nn4-c4nc5ccc(NS(=O)(=O)CC(=O)OCC)cc5s4)c(Nc4c(C)cc(C)cc4C)n3)c3c(C)cc(C)cc3C)sc2c1. The van der Waals surface area contributed by atoms with Gasteiger partial charge in [-0.3, -0.25) is 19.2 Å². The lowest BCUT2D eigenvalue weighted by molar-refractivity contribution is -0.142. The molecule has 0 bridgehead atoms. The third-order valence-electron chi connectivity index (χ3n) is 12.1. The smallest absolute Gasteiger partial charge is 0.323 e. The fraction of sp³-hybridized carbons (Fsp3) is 0.315. The topological polar surface area (TPSA) is 265 Å². The molecule has 0 fully saturated rings. The van der Waals surface area contributed by atoms with E-state index in [1.165, 1.54) is 45.6 Å². The molecule has 0 aliphatic rings. The maximum absolute atomic E-state index is 13.4. The number of aryl methyl sites for hydroxylation is 7. The van der Waals surface area contributed by atoms with Gasteiger partial charge in [0.15, 0.2) is 22.5 Å². The number of hydrogen-bond donors (Lipinski definition) is 3. The van der Waals surface area contributed by atoms with E-state index in [9.17, 15) is 31.7 Å². The minimum atomic E-state index is -4.11. The molecule has 8 rings (SSSR count). The Balaban J connectivity index is 1.29. The van der Waals surface area contributed by atoms with Gasteiger partial charge in [-0.15, -0.1) is 10.2 Å². The molecule has 3 N–H and O–H groups in total. The van der Waals surface area contributed by atoms with E-state index in [0.29, 0.717) is 59.3 Å². The number of carbonyl (C=O) groups is 2. The van der Waals surface area contributed by atoms with Gasteiger partial charge in [0.1, 0.15) is 29.7 Å². The van der Waals surface area contributed by atoms with E-state index in [0.717, 1.165) is 44.8 Å². The molecule has 0 saturated carbocycles. The lowest BCUT2D eigenvalue weighted by Crippen LogP contribution is -2.30. The summed E-state index contributed by atoms with van der Waals surface area (Å²) in [5.41, 5.74) is 9.62. The van der Waals surface area contributed by atoms with Gasteiger partial charge in [0.2, 0.25) is 25.2 Å². The molecule has 0 spiro atoms. The minimum Gasteiger partial charge on any atom is -0.465 e. The normalized spacial score (nSPS) is 12.1. The molecule has 406 valence electrons. The van der Waals surface area contributed by atoms with Gasteiger partial charge in [0.25, 0.3) is 0 Å². The van der Waals surface area contributed by atoms with Gasteiger partial charge in [-0.2, -0.15) is 19.8 Å². The van der Waals surface area contributed by atoms with Gasteiger partial charge < -0.3 is 14.8 Å². The summed E-state index contributed by atoms with van der Waals surface area (Å²) in [6.45, 7) is 22.6. The quantitative estimate of drug-likeness (QED) is 0.0533. The van der Waals surface area contributed by atoms with Gasteiger partial charge in [0, 0.05) is 11.1 Å². The van der Waals surface area contributed by atoms with Gasteiger partial charge in [-0.1, -0.05) is 78.8 Å². The summed E-state index contributed by atoms with van der Waals surface area (Å²) < 4.78 is 69.7. The van der Waals surface area contributed by atoms with E-state index in [4.69, 9.17) is 39.8 Å². The van der Waals surface area contributed by atoms with Crippen LogP contribution in [0.4, 0.5) is 45.3 Å². The molecule has 4 aromatic heterocycles. The van der Waals surface area contributed by atoms with Gasteiger partial charge >= 0.3 is 11.9 Å². The summed E-state index contributed by atoms with van der Waals surface area (Å²) >= 11 is 2.45. The number of rotatable bonds is 18. The predicted octanol–water partition coefficient (Wildman–Crippen LogP) is 11.6. The van der Waals surface area contributed by atoms with Gasteiger partial charge in [-0.25, -0.2) is 31.8 Å². The van der Waals surface area contributed by atoms with Crippen LogP contribution in [0, 0.1) is 59.8 Å². The number of esters is 2. The third-order valence-corrected chi connectivity index (χ3v) is 16.7. The molecule has 0 aliphatic carbocycles. The zero-order valence-corrected chi connectivity index (χ0v) is 48.4. The molecular weight excluding hydrogens is 1070 g/mol. The van der Waals surface area contributed by atoms with Crippen molar-refractivity contribution in [2.75, 3.05) is 40.5 Å². The van der Waals surface area contributed by atoms with E-state index in [1.807, 2.05) is 80.2 Å². The van der Waals surface area contributed by atoms with Crippen LogP contribution in [0.15, 0.2) is 81.9 Å². The molecular formula is C54H58N12O8S4. The van der Waals surface area contributed by atoms with E-state index in [2.05, 4.69) is 45.1 Å².